The Balaban J connectivity index is 1.60. The molecule has 2 aliphatic rings. The average Bonchev–Trinajstić information content (AvgIpc) is 3.16. The monoisotopic (exact) mass is 431 g/mol. The van der Waals surface area contributed by atoms with Crippen molar-refractivity contribution in [1.29, 1.82) is 0 Å². The van der Waals surface area contributed by atoms with Gasteiger partial charge < -0.3 is 14.4 Å². The number of aliphatic imine (C=N–C) groups is 1. The molecule has 0 aliphatic carbocycles. The fourth-order valence-corrected chi connectivity index (χ4v) is 4.50. The zero-order valence-electron chi connectivity index (χ0n) is 18.2. The van der Waals surface area contributed by atoms with E-state index in [1.54, 1.807) is 17.6 Å². The Hall–Kier alpha value is -3.32. The number of aliphatic hydroxyl groups is 1. The van der Waals surface area contributed by atoms with Gasteiger partial charge in [-0.1, -0.05) is 26.3 Å². The lowest BCUT2D eigenvalue weighted by Crippen LogP contribution is -2.44. The van der Waals surface area contributed by atoms with Crippen LogP contribution in [0.1, 0.15) is 55.4 Å². The van der Waals surface area contributed by atoms with Gasteiger partial charge in [-0.05, 0) is 42.7 Å². The number of cyclic esters (lactones) is 1. The van der Waals surface area contributed by atoms with E-state index in [0.29, 0.717) is 29.1 Å². The van der Waals surface area contributed by atoms with Gasteiger partial charge in [-0.3, -0.25) is 9.79 Å². The van der Waals surface area contributed by atoms with E-state index in [1.807, 2.05) is 18.3 Å². The number of nitrogens with zero attached hydrogens (tertiary/aromatic N) is 3. The Morgan fingerprint density at radius 3 is 2.88 bits per heavy atom. The molecule has 1 atom stereocenters. The van der Waals surface area contributed by atoms with E-state index in [0.717, 1.165) is 41.4 Å². The van der Waals surface area contributed by atoms with E-state index in [4.69, 9.17) is 9.72 Å². The zero-order valence-corrected chi connectivity index (χ0v) is 18.2. The van der Waals surface area contributed by atoms with Gasteiger partial charge in [-0.25, -0.2) is 9.78 Å². The summed E-state index contributed by atoms with van der Waals surface area (Å²) in [6, 6.07) is 9.78. The van der Waals surface area contributed by atoms with Crippen LogP contribution < -0.4 is 5.56 Å². The van der Waals surface area contributed by atoms with Crippen molar-refractivity contribution in [3.05, 3.63) is 62.9 Å². The summed E-state index contributed by atoms with van der Waals surface area (Å²) >= 11 is 0. The molecule has 1 N–H and O–H groups in total. The normalized spacial score (nSPS) is 19.2. The van der Waals surface area contributed by atoms with Gasteiger partial charge in [0.2, 0.25) is 0 Å². The van der Waals surface area contributed by atoms with Crippen LogP contribution in [0.25, 0.3) is 22.3 Å². The maximum atomic E-state index is 13.2. The van der Waals surface area contributed by atoms with Crippen LogP contribution in [-0.4, -0.2) is 33.4 Å². The Kier molecular flexibility index (Phi) is 4.93. The number of esters is 1. The number of aromatic nitrogens is 2. The molecule has 0 unspecified atom stereocenters. The van der Waals surface area contributed by atoms with Gasteiger partial charge in [0.15, 0.2) is 5.60 Å². The molecule has 2 aliphatic heterocycles. The number of carbonyl (C=O) groups excluding carboxylic acids is 1. The zero-order chi connectivity index (χ0) is 22.5. The highest BCUT2D eigenvalue weighted by Gasteiger charge is 2.45. The van der Waals surface area contributed by atoms with E-state index in [2.05, 4.69) is 24.0 Å². The summed E-state index contributed by atoms with van der Waals surface area (Å²) in [5.41, 5.74) is 2.71. The Bertz CT molecular complexity index is 1340. The lowest BCUT2D eigenvalue weighted by atomic mass is 9.86. The van der Waals surface area contributed by atoms with E-state index in [-0.39, 0.29) is 18.6 Å². The maximum absolute atomic E-state index is 13.2. The second kappa shape index (κ2) is 7.67. The fraction of sp³-hybridized carbons (Fsp3) is 0.360. The number of carbonyl (C=O) groups is 1. The molecule has 1 aromatic carbocycles. The molecule has 0 saturated heterocycles. The van der Waals surface area contributed by atoms with Gasteiger partial charge in [0.25, 0.3) is 5.56 Å². The second-order valence-corrected chi connectivity index (χ2v) is 8.44. The molecule has 164 valence electrons. The standard InChI is InChI=1S/C25H25N3O4/c1-3-5-8-26-12-15-6-7-20-16(9-15)10-17-13-28-21(22(17)27-20)11-19-18(23(28)29)14-32-24(30)25(19,31)4-2/h6-7,9-12,31H,3-5,8,13-14H2,1-2H3/t25-/m0/s1. The van der Waals surface area contributed by atoms with Crippen molar-refractivity contribution in [1.82, 2.24) is 9.55 Å². The largest absolute Gasteiger partial charge is 0.458 e. The quantitative estimate of drug-likeness (QED) is 0.297. The molecule has 0 saturated carbocycles. The van der Waals surface area contributed by atoms with Crippen LogP contribution in [0.2, 0.25) is 0 Å². The van der Waals surface area contributed by atoms with E-state index in [1.165, 1.54) is 0 Å². The van der Waals surface area contributed by atoms with Crippen LogP contribution >= 0.6 is 0 Å². The van der Waals surface area contributed by atoms with Crippen molar-refractivity contribution in [2.75, 3.05) is 6.54 Å². The highest BCUT2D eigenvalue weighted by atomic mass is 16.6. The fourth-order valence-electron chi connectivity index (χ4n) is 4.50. The van der Waals surface area contributed by atoms with Gasteiger partial charge >= 0.3 is 5.97 Å². The maximum Gasteiger partial charge on any atom is 0.343 e. The third kappa shape index (κ3) is 3.07. The number of ether oxygens (including phenoxy) is 1. The van der Waals surface area contributed by atoms with Crippen LogP contribution in [0.15, 0.2) is 40.1 Å². The minimum Gasteiger partial charge on any atom is -0.458 e. The van der Waals surface area contributed by atoms with E-state index >= 15 is 0 Å². The Morgan fingerprint density at radius 2 is 2.09 bits per heavy atom. The summed E-state index contributed by atoms with van der Waals surface area (Å²) in [4.78, 5) is 34.8. The first-order valence-corrected chi connectivity index (χ1v) is 11.1. The van der Waals surface area contributed by atoms with E-state index in [9.17, 15) is 14.7 Å². The molecule has 0 radical (unpaired) electrons. The molecule has 7 nitrogen and oxygen atoms in total. The first-order chi connectivity index (χ1) is 15.5. The second-order valence-electron chi connectivity index (χ2n) is 8.44. The summed E-state index contributed by atoms with van der Waals surface area (Å²) in [6.45, 7) is 4.93. The average molecular weight is 431 g/mol. The number of hydrogen-bond donors (Lipinski definition) is 1. The molecule has 7 heteroatoms. The molecule has 2 aromatic heterocycles. The number of pyridine rings is 2. The van der Waals surface area contributed by atoms with Gasteiger partial charge in [0, 0.05) is 29.3 Å². The van der Waals surface area contributed by atoms with Gasteiger partial charge in [-0.2, -0.15) is 0 Å². The van der Waals surface area contributed by atoms with Crippen molar-refractivity contribution in [2.24, 2.45) is 4.99 Å². The third-order valence-corrected chi connectivity index (χ3v) is 6.41. The molecule has 32 heavy (non-hydrogen) atoms. The van der Waals surface area contributed by atoms with E-state index < -0.39 is 11.6 Å². The lowest BCUT2D eigenvalue weighted by Gasteiger charge is -2.31. The first kappa shape index (κ1) is 20.6. The molecule has 0 fully saturated rings. The highest BCUT2D eigenvalue weighted by molar-refractivity contribution is 5.91. The number of rotatable bonds is 5. The molecule has 0 bridgehead atoms. The van der Waals surface area contributed by atoms with Gasteiger partial charge in [-0.15, -0.1) is 0 Å². The number of benzene rings is 1. The van der Waals surface area contributed by atoms with Gasteiger partial charge in [0.1, 0.15) is 6.61 Å². The smallest absolute Gasteiger partial charge is 0.343 e. The SMILES string of the molecule is CCCCN=Cc1ccc2nc3c(cc2c1)Cn1c-3cc2c(c1=O)COC(=O)[C@]2(O)CC. The van der Waals surface area contributed by atoms with Crippen molar-refractivity contribution in [3.63, 3.8) is 0 Å². The third-order valence-electron chi connectivity index (χ3n) is 6.41. The van der Waals surface area contributed by atoms with Crippen LogP contribution in [0, 0.1) is 0 Å². The number of hydrogen-bond acceptors (Lipinski definition) is 6. The molecule has 3 aromatic rings. The highest BCUT2D eigenvalue weighted by Crippen LogP contribution is 2.38. The lowest BCUT2D eigenvalue weighted by molar-refractivity contribution is -0.172. The summed E-state index contributed by atoms with van der Waals surface area (Å²) in [6.07, 6.45) is 4.20. The van der Waals surface area contributed by atoms with Crippen molar-refractivity contribution in [3.8, 4) is 11.4 Å². The van der Waals surface area contributed by atoms with Crippen molar-refractivity contribution < 1.29 is 14.6 Å². The summed E-state index contributed by atoms with van der Waals surface area (Å²) in [5.74, 6) is -0.713. The minimum absolute atomic E-state index is 0.123. The predicted octanol–water partition coefficient (Wildman–Crippen LogP) is 3.30. The molecule has 0 spiro atoms. The predicted molar refractivity (Wildman–Crippen MR) is 122 cm³/mol. The molecular weight excluding hydrogens is 406 g/mol. The van der Waals surface area contributed by atoms with Gasteiger partial charge in [0.05, 0.1) is 29.0 Å². The number of fused-ring (bicyclic) bond motifs is 5. The van der Waals surface area contributed by atoms with Crippen LogP contribution in [0.3, 0.4) is 0 Å². The summed E-state index contributed by atoms with van der Waals surface area (Å²) < 4.78 is 6.77. The summed E-state index contributed by atoms with van der Waals surface area (Å²) in [7, 11) is 0. The molecular formula is C25H25N3O4. The first-order valence-electron chi connectivity index (χ1n) is 11.1. The van der Waals surface area contributed by atoms with Crippen LogP contribution in [0.4, 0.5) is 0 Å². The molecule has 4 heterocycles. The topological polar surface area (TPSA) is 93.8 Å². The molecule has 0 amide bonds. The minimum atomic E-state index is -1.81. The van der Waals surface area contributed by atoms with Crippen LogP contribution in [0.5, 0.6) is 0 Å². The Labute approximate surface area is 185 Å². The van der Waals surface area contributed by atoms with Crippen molar-refractivity contribution in [2.45, 2.75) is 51.9 Å². The molecule has 5 rings (SSSR count). The summed E-state index contributed by atoms with van der Waals surface area (Å²) in [5, 5.41) is 11.9. The number of unbranched alkanes of at least 4 members (excludes halogenated alkanes) is 1. The van der Waals surface area contributed by atoms with Crippen LogP contribution in [-0.2, 0) is 28.3 Å². The Morgan fingerprint density at radius 1 is 1.25 bits per heavy atom. The van der Waals surface area contributed by atoms with Crippen molar-refractivity contribution >= 4 is 23.1 Å².